The molecule has 2 aromatic rings. The highest BCUT2D eigenvalue weighted by Gasteiger charge is 2.24. The van der Waals surface area contributed by atoms with E-state index < -0.39 is 10.0 Å². The quantitative estimate of drug-likeness (QED) is 0.869. The van der Waals surface area contributed by atoms with Gasteiger partial charge in [0.05, 0.1) is 4.90 Å². The van der Waals surface area contributed by atoms with Crippen LogP contribution in [0.3, 0.4) is 0 Å². The van der Waals surface area contributed by atoms with Crippen LogP contribution in [-0.4, -0.2) is 20.4 Å². The summed E-state index contributed by atoms with van der Waals surface area (Å²) < 4.78 is 26.2. The number of hydrogen-bond donors (Lipinski definition) is 0. The Hall–Kier alpha value is -1.40. The lowest BCUT2D eigenvalue weighted by Crippen LogP contribution is -2.27. The molecule has 96 valence electrons. The van der Waals surface area contributed by atoms with Crippen LogP contribution in [0, 0.1) is 13.8 Å². The number of benzene rings is 1. The van der Waals surface area contributed by atoms with Gasteiger partial charge >= 0.3 is 0 Å². The van der Waals surface area contributed by atoms with Gasteiger partial charge < -0.3 is 0 Å². The van der Waals surface area contributed by atoms with Crippen molar-refractivity contribution in [3.63, 3.8) is 0 Å². The van der Waals surface area contributed by atoms with Gasteiger partial charge in [0.1, 0.15) is 0 Å². The smallest absolute Gasteiger partial charge is 0.244 e. The van der Waals surface area contributed by atoms with Crippen LogP contribution in [-0.2, 0) is 10.0 Å². The first-order chi connectivity index (χ1) is 8.43. The first-order valence-electron chi connectivity index (χ1n) is 5.38. The van der Waals surface area contributed by atoms with Crippen LogP contribution in [0.2, 0.25) is 0 Å². The highest BCUT2D eigenvalue weighted by atomic mass is 32.2. The number of sulfonamides is 1. The molecular formula is C12H14N2O2S2. The Kier molecular flexibility index (Phi) is 3.41. The molecule has 0 aliphatic carbocycles. The van der Waals surface area contributed by atoms with E-state index in [-0.39, 0.29) is 0 Å². The molecule has 0 fully saturated rings. The van der Waals surface area contributed by atoms with Crippen LogP contribution in [0.4, 0.5) is 5.13 Å². The van der Waals surface area contributed by atoms with Crippen molar-refractivity contribution in [1.82, 2.24) is 4.98 Å². The standard InChI is InChI=1S/C12H14N2O2S2/c1-9-4-5-10(2)11(8-9)18(15,16)14(3)12-13-6-7-17-12/h4-8H,1-3H3. The van der Waals surface area contributed by atoms with Gasteiger partial charge in [0.15, 0.2) is 5.13 Å². The van der Waals surface area contributed by atoms with Crippen LogP contribution in [0.25, 0.3) is 0 Å². The maximum atomic E-state index is 12.5. The lowest BCUT2D eigenvalue weighted by Gasteiger charge is -2.18. The maximum absolute atomic E-state index is 12.5. The second-order valence-electron chi connectivity index (χ2n) is 4.06. The average Bonchev–Trinajstić information content (AvgIpc) is 2.84. The van der Waals surface area contributed by atoms with Crippen molar-refractivity contribution in [2.45, 2.75) is 18.7 Å². The highest BCUT2D eigenvalue weighted by molar-refractivity contribution is 7.93. The summed E-state index contributed by atoms with van der Waals surface area (Å²) in [5.74, 6) is 0. The largest absolute Gasteiger partial charge is 0.266 e. The average molecular weight is 282 g/mol. The molecule has 6 heteroatoms. The van der Waals surface area contributed by atoms with E-state index in [1.54, 1.807) is 24.6 Å². The van der Waals surface area contributed by atoms with Gasteiger partial charge in [-0.25, -0.2) is 17.7 Å². The van der Waals surface area contributed by atoms with E-state index in [0.717, 1.165) is 11.1 Å². The van der Waals surface area contributed by atoms with Gasteiger partial charge in [-0.1, -0.05) is 12.1 Å². The molecule has 0 N–H and O–H groups in total. The summed E-state index contributed by atoms with van der Waals surface area (Å²) >= 11 is 1.30. The lowest BCUT2D eigenvalue weighted by atomic mass is 10.2. The molecule has 1 heterocycles. The summed E-state index contributed by atoms with van der Waals surface area (Å²) in [7, 11) is -2.01. The van der Waals surface area contributed by atoms with E-state index in [1.807, 2.05) is 19.1 Å². The maximum Gasteiger partial charge on any atom is 0.266 e. The molecule has 1 aromatic heterocycles. The predicted octanol–water partition coefficient (Wildman–Crippen LogP) is 2.59. The number of thiazole rings is 1. The molecule has 2 rings (SSSR count). The molecule has 18 heavy (non-hydrogen) atoms. The third kappa shape index (κ3) is 2.26. The van der Waals surface area contributed by atoms with Crippen LogP contribution < -0.4 is 4.31 Å². The minimum Gasteiger partial charge on any atom is -0.244 e. The van der Waals surface area contributed by atoms with Crippen LogP contribution >= 0.6 is 11.3 Å². The fraction of sp³-hybridized carbons (Fsp3) is 0.250. The molecule has 0 aliphatic heterocycles. The molecule has 0 unspecified atom stereocenters. The van der Waals surface area contributed by atoms with Gasteiger partial charge in [0.25, 0.3) is 10.0 Å². The van der Waals surface area contributed by atoms with E-state index in [9.17, 15) is 8.42 Å². The molecule has 0 bridgehead atoms. The first-order valence-corrected chi connectivity index (χ1v) is 7.70. The molecule has 0 radical (unpaired) electrons. The molecule has 0 atom stereocenters. The normalized spacial score (nSPS) is 11.5. The van der Waals surface area contributed by atoms with E-state index in [2.05, 4.69) is 4.98 Å². The summed E-state index contributed by atoms with van der Waals surface area (Å²) in [6.45, 7) is 3.67. The van der Waals surface area contributed by atoms with E-state index in [0.29, 0.717) is 10.0 Å². The Morgan fingerprint density at radius 1 is 1.28 bits per heavy atom. The van der Waals surface area contributed by atoms with E-state index in [1.165, 1.54) is 22.7 Å². The monoisotopic (exact) mass is 282 g/mol. The van der Waals surface area contributed by atoms with Gasteiger partial charge in [-0.2, -0.15) is 0 Å². The third-order valence-electron chi connectivity index (χ3n) is 2.67. The van der Waals surface area contributed by atoms with Crippen LogP contribution in [0.15, 0.2) is 34.7 Å². The Morgan fingerprint density at radius 3 is 2.61 bits per heavy atom. The molecule has 0 amide bonds. The Morgan fingerprint density at radius 2 is 2.00 bits per heavy atom. The summed E-state index contributed by atoms with van der Waals surface area (Å²) in [6, 6.07) is 5.41. The van der Waals surface area contributed by atoms with Crippen LogP contribution in [0.1, 0.15) is 11.1 Å². The van der Waals surface area contributed by atoms with Gasteiger partial charge in [0, 0.05) is 18.6 Å². The second kappa shape index (κ2) is 4.70. The molecule has 0 saturated carbocycles. The summed E-state index contributed by atoms with van der Waals surface area (Å²) in [4.78, 5) is 4.36. The van der Waals surface area contributed by atoms with Crippen LogP contribution in [0.5, 0.6) is 0 Å². The zero-order chi connectivity index (χ0) is 13.3. The van der Waals surface area contributed by atoms with Crippen molar-refractivity contribution in [3.8, 4) is 0 Å². The van der Waals surface area contributed by atoms with Crippen molar-refractivity contribution in [2.75, 3.05) is 11.4 Å². The van der Waals surface area contributed by atoms with E-state index >= 15 is 0 Å². The summed E-state index contributed by atoms with van der Waals surface area (Å²) in [6.07, 6.45) is 1.59. The van der Waals surface area contributed by atoms with Gasteiger partial charge in [-0.3, -0.25) is 0 Å². The zero-order valence-corrected chi connectivity index (χ0v) is 12.0. The minimum atomic E-state index is -3.53. The zero-order valence-electron chi connectivity index (χ0n) is 10.4. The van der Waals surface area contributed by atoms with Gasteiger partial charge in [-0.15, -0.1) is 11.3 Å². The first kappa shape index (κ1) is 13.0. The van der Waals surface area contributed by atoms with Crippen molar-refractivity contribution in [1.29, 1.82) is 0 Å². The highest BCUT2D eigenvalue weighted by Crippen LogP contribution is 2.26. The van der Waals surface area contributed by atoms with Gasteiger partial charge in [-0.05, 0) is 31.0 Å². The molecule has 1 aromatic carbocycles. The minimum absolute atomic E-state index is 0.334. The fourth-order valence-electron chi connectivity index (χ4n) is 1.61. The second-order valence-corrected chi connectivity index (χ2v) is 6.87. The predicted molar refractivity (Wildman–Crippen MR) is 73.6 cm³/mol. The summed E-state index contributed by atoms with van der Waals surface area (Å²) in [5.41, 5.74) is 1.66. The number of aromatic nitrogens is 1. The molecule has 0 saturated heterocycles. The molecule has 4 nitrogen and oxygen atoms in total. The molecular weight excluding hydrogens is 268 g/mol. The van der Waals surface area contributed by atoms with Crippen molar-refractivity contribution in [3.05, 3.63) is 40.9 Å². The Labute approximate surface area is 111 Å². The molecule has 0 aliphatic rings. The number of anilines is 1. The Balaban J connectivity index is 2.52. The number of aryl methyl sites for hydroxylation is 2. The lowest BCUT2D eigenvalue weighted by molar-refractivity contribution is 0.593. The topological polar surface area (TPSA) is 50.3 Å². The number of hydrogen-bond acceptors (Lipinski definition) is 4. The van der Waals surface area contributed by atoms with E-state index in [4.69, 9.17) is 0 Å². The van der Waals surface area contributed by atoms with Crippen molar-refractivity contribution in [2.24, 2.45) is 0 Å². The van der Waals surface area contributed by atoms with Crippen molar-refractivity contribution < 1.29 is 8.42 Å². The van der Waals surface area contributed by atoms with Gasteiger partial charge in [0.2, 0.25) is 0 Å². The summed E-state index contributed by atoms with van der Waals surface area (Å²) in [5, 5.41) is 2.22. The SMILES string of the molecule is Cc1ccc(C)c(S(=O)(=O)N(C)c2nccs2)c1. The number of rotatable bonds is 3. The third-order valence-corrected chi connectivity index (χ3v) is 5.52. The number of nitrogens with zero attached hydrogens (tertiary/aromatic N) is 2. The molecule has 0 spiro atoms. The fourth-order valence-corrected chi connectivity index (χ4v) is 3.90. The van der Waals surface area contributed by atoms with Crippen molar-refractivity contribution >= 4 is 26.5 Å². The Bertz CT molecular complexity index is 649.